The Kier molecular flexibility index (Phi) is 8.01. The number of esters is 1. The molecule has 1 rings (SSSR count). The third-order valence-electron chi connectivity index (χ3n) is 3.17. The Labute approximate surface area is 127 Å². The van der Waals surface area contributed by atoms with Gasteiger partial charge in [-0.25, -0.2) is 0 Å². The Balaban J connectivity index is 2.11. The first-order chi connectivity index (χ1) is 10.0. The van der Waals surface area contributed by atoms with Crippen molar-refractivity contribution >= 4 is 5.97 Å². The first-order valence-electron chi connectivity index (χ1n) is 7.43. The Morgan fingerprint density at radius 3 is 2.62 bits per heavy atom. The molecule has 4 heteroatoms. The van der Waals surface area contributed by atoms with Gasteiger partial charge in [0.05, 0.1) is 13.7 Å². The van der Waals surface area contributed by atoms with Crippen LogP contribution in [0, 0.1) is 5.41 Å². The van der Waals surface area contributed by atoms with Crippen LogP contribution < -0.4 is 5.32 Å². The van der Waals surface area contributed by atoms with Crippen LogP contribution in [0.2, 0.25) is 0 Å². The van der Waals surface area contributed by atoms with Gasteiger partial charge >= 0.3 is 5.97 Å². The second-order valence-corrected chi connectivity index (χ2v) is 5.99. The van der Waals surface area contributed by atoms with Crippen molar-refractivity contribution in [2.75, 3.05) is 26.9 Å². The maximum absolute atomic E-state index is 11.0. The van der Waals surface area contributed by atoms with Gasteiger partial charge in [0.1, 0.15) is 0 Å². The van der Waals surface area contributed by atoms with E-state index in [4.69, 9.17) is 4.74 Å². The minimum absolute atomic E-state index is 0.0695. The van der Waals surface area contributed by atoms with Crippen LogP contribution in [0.25, 0.3) is 0 Å². The van der Waals surface area contributed by atoms with E-state index in [0.717, 1.165) is 13.1 Å². The summed E-state index contributed by atoms with van der Waals surface area (Å²) in [6.45, 7) is 7.37. The van der Waals surface area contributed by atoms with E-state index in [1.165, 1.54) is 12.7 Å². The van der Waals surface area contributed by atoms with Crippen LogP contribution in [0.1, 0.15) is 32.3 Å². The summed E-state index contributed by atoms with van der Waals surface area (Å²) in [7, 11) is 1.41. The van der Waals surface area contributed by atoms with Crippen LogP contribution in [-0.2, 0) is 20.8 Å². The number of ether oxygens (including phenoxy) is 2. The lowest BCUT2D eigenvalue weighted by Gasteiger charge is -2.25. The van der Waals surface area contributed by atoms with Gasteiger partial charge in [-0.2, -0.15) is 0 Å². The summed E-state index contributed by atoms with van der Waals surface area (Å²) >= 11 is 0. The van der Waals surface area contributed by atoms with Crippen LogP contribution in [0.3, 0.4) is 0 Å². The van der Waals surface area contributed by atoms with Gasteiger partial charge in [-0.1, -0.05) is 44.2 Å². The standard InChI is InChI=1S/C17H27NO3/c1-17(2,14-21-11-7-10-16(19)20-3)13-18-12-15-8-5-4-6-9-15/h4-6,8-9,18H,7,10-14H2,1-3H3. The number of rotatable bonds is 10. The SMILES string of the molecule is COC(=O)CCCOCC(C)(C)CNCc1ccccc1. The van der Waals surface area contributed by atoms with E-state index in [1.54, 1.807) is 0 Å². The first-order valence-corrected chi connectivity index (χ1v) is 7.43. The average molecular weight is 293 g/mol. The Morgan fingerprint density at radius 2 is 1.95 bits per heavy atom. The number of carbonyl (C=O) groups is 1. The Hall–Kier alpha value is -1.39. The van der Waals surface area contributed by atoms with E-state index in [0.29, 0.717) is 26.1 Å². The van der Waals surface area contributed by atoms with E-state index >= 15 is 0 Å². The van der Waals surface area contributed by atoms with E-state index in [-0.39, 0.29) is 11.4 Å². The Bertz CT molecular complexity index is 404. The maximum Gasteiger partial charge on any atom is 0.305 e. The zero-order valence-corrected chi connectivity index (χ0v) is 13.4. The van der Waals surface area contributed by atoms with E-state index < -0.39 is 0 Å². The predicted octanol–water partition coefficient (Wildman–Crippen LogP) is 2.77. The van der Waals surface area contributed by atoms with Crippen molar-refractivity contribution in [2.45, 2.75) is 33.2 Å². The van der Waals surface area contributed by atoms with E-state index in [9.17, 15) is 4.79 Å². The van der Waals surface area contributed by atoms with Gasteiger partial charge in [-0.05, 0) is 12.0 Å². The maximum atomic E-state index is 11.0. The molecule has 0 aromatic heterocycles. The van der Waals surface area contributed by atoms with Gasteiger partial charge in [0.2, 0.25) is 0 Å². The molecular weight excluding hydrogens is 266 g/mol. The number of benzene rings is 1. The minimum atomic E-state index is -0.178. The fourth-order valence-electron chi connectivity index (χ4n) is 1.96. The molecule has 0 aliphatic carbocycles. The highest BCUT2D eigenvalue weighted by Crippen LogP contribution is 2.14. The molecule has 4 nitrogen and oxygen atoms in total. The first kappa shape index (κ1) is 17.7. The second kappa shape index (κ2) is 9.53. The van der Waals surface area contributed by atoms with Gasteiger partial charge in [-0.15, -0.1) is 0 Å². The van der Waals surface area contributed by atoms with E-state index in [1.807, 2.05) is 18.2 Å². The highest BCUT2D eigenvalue weighted by atomic mass is 16.5. The lowest BCUT2D eigenvalue weighted by atomic mass is 9.95. The van der Waals surface area contributed by atoms with Gasteiger partial charge in [0.15, 0.2) is 0 Å². The Morgan fingerprint density at radius 1 is 1.24 bits per heavy atom. The molecule has 0 unspecified atom stereocenters. The molecule has 1 N–H and O–H groups in total. The lowest BCUT2D eigenvalue weighted by molar-refractivity contribution is -0.141. The lowest BCUT2D eigenvalue weighted by Crippen LogP contribution is -2.33. The highest BCUT2D eigenvalue weighted by Gasteiger charge is 2.17. The molecular formula is C17H27NO3. The monoisotopic (exact) mass is 293 g/mol. The van der Waals surface area contributed by atoms with Crippen molar-refractivity contribution in [3.8, 4) is 0 Å². The number of nitrogens with one attached hydrogen (secondary N) is 1. The molecule has 21 heavy (non-hydrogen) atoms. The zero-order valence-electron chi connectivity index (χ0n) is 13.4. The molecule has 0 heterocycles. The normalized spacial score (nSPS) is 11.4. The largest absolute Gasteiger partial charge is 0.469 e. The molecule has 0 atom stereocenters. The van der Waals surface area contributed by atoms with Crippen molar-refractivity contribution in [1.82, 2.24) is 5.32 Å². The molecule has 0 bridgehead atoms. The van der Waals surface area contributed by atoms with Crippen LogP contribution in [0.5, 0.6) is 0 Å². The molecule has 1 aromatic rings. The number of carbonyl (C=O) groups excluding carboxylic acids is 1. The van der Waals surface area contributed by atoms with Gasteiger partial charge in [0.25, 0.3) is 0 Å². The quantitative estimate of drug-likeness (QED) is 0.532. The van der Waals surface area contributed by atoms with Crippen LogP contribution in [0.4, 0.5) is 0 Å². The molecule has 0 saturated heterocycles. The van der Waals surface area contributed by atoms with Crippen molar-refractivity contribution in [2.24, 2.45) is 5.41 Å². The van der Waals surface area contributed by atoms with Crippen LogP contribution in [0.15, 0.2) is 30.3 Å². The number of methoxy groups -OCH3 is 1. The molecule has 0 aliphatic rings. The summed E-state index contributed by atoms with van der Waals surface area (Å²) < 4.78 is 10.2. The summed E-state index contributed by atoms with van der Waals surface area (Å²) in [5, 5.41) is 3.46. The smallest absolute Gasteiger partial charge is 0.305 e. The van der Waals surface area contributed by atoms with Gasteiger partial charge < -0.3 is 14.8 Å². The fraction of sp³-hybridized carbons (Fsp3) is 0.588. The highest BCUT2D eigenvalue weighted by molar-refractivity contribution is 5.68. The zero-order chi connectivity index (χ0) is 15.6. The number of hydrogen-bond acceptors (Lipinski definition) is 4. The molecule has 0 saturated carbocycles. The topological polar surface area (TPSA) is 47.6 Å². The molecule has 1 aromatic carbocycles. The third-order valence-corrected chi connectivity index (χ3v) is 3.17. The summed E-state index contributed by atoms with van der Waals surface area (Å²) in [6, 6.07) is 10.3. The molecule has 118 valence electrons. The van der Waals surface area contributed by atoms with E-state index in [2.05, 4.69) is 36.0 Å². The summed E-state index contributed by atoms with van der Waals surface area (Å²) in [4.78, 5) is 11.0. The van der Waals surface area contributed by atoms with Crippen molar-refractivity contribution < 1.29 is 14.3 Å². The fourth-order valence-corrected chi connectivity index (χ4v) is 1.96. The second-order valence-electron chi connectivity index (χ2n) is 5.99. The minimum Gasteiger partial charge on any atom is -0.469 e. The summed E-state index contributed by atoms with van der Waals surface area (Å²) in [6.07, 6.45) is 1.13. The molecule has 0 radical (unpaired) electrons. The third kappa shape index (κ3) is 8.48. The predicted molar refractivity (Wildman–Crippen MR) is 84.0 cm³/mol. The van der Waals surface area contributed by atoms with Gasteiger partial charge in [0, 0.05) is 31.5 Å². The summed E-state index contributed by atoms with van der Waals surface area (Å²) in [5.41, 5.74) is 1.35. The summed E-state index contributed by atoms with van der Waals surface area (Å²) in [5.74, 6) is -0.178. The van der Waals surface area contributed by atoms with Crippen molar-refractivity contribution in [3.63, 3.8) is 0 Å². The average Bonchev–Trinajstić information content (AvgIpc) is 2.47. The van der Waals surface area contributed by atoms with Crippen molar-refractivity contribution in [3.05, 3.63) is 35.9 Å². The van der Waals surface area contributed by atoms with Crippen LogP contribution in [-0.4, -0.2) is 32.8 Å². The molecule has 0 aliphatic heterocycles. The van der Waals surface area contributed by atoms with Crippen LogP contribution >= 0.6 is 0 Å². The number of hydrogen-bond donors (Lipinski definition) is 1. The molecule has 0 amide bonds. The molecule has 0 spiro atoms. The van der Waals surface area contributed by atoms with Crippen molar-refractivity contribution in [1.29, 1.82) is 0 Å². The molecule has 0 fully saturated rings. The van der Waals surface area contributed by atoms with Gasteiger partial charge in [-0.3, -0.25) is 4.79 Å².